The Hall–Kier alpha value is -1.97. The zero-order chi connectivity index (χ0) is 9.42. The molecule has 1 aromatic heterocycles. The Kier molecular flexibility index (Phi) is 1.48. The highest BCUT2D eigenvalue weighted by atomic mass is 14.8. The van der Waals surface area contributed by atoms with Crippen molar-refractivity contribution in [2.24, 2.45) is 0 Å². The van der Waals surface area contributed by atoms with E-state index in [4.69, 9.17) is 17.2 Å². The number of hydrogen-bond donors (Lipinski definition) is 3. The Balaban J connectivity index is 2.94. The van der Waals surface area contributed by atoms with Gasteiger partial charge in [0, 0.05) is 22.8 Å². The number of anilines is 3. The van der Waals surface area contributed by atoms with Gasteiger partial charge < -0.3 is 17.2 Å². The highest BCUT2D eigenvalue weighted by Gasteiger charge is 2.03. The van der Waals surface area contributed by atoms with Gasteiger partial charge in [-0.05, 0) is 12.1 Å². The first-order valence-electron chi connectivity index (χ1n) is 3.88. The van der Waals surface area contributed by atoms with Crippen molar-refractivity contribution in [1.29, 1.82) is 0 Å². The lowest BCUT2D eigenvalue weighted by molar-refractivity contribution is 1.42. The number of hydrogen-bond acceptors (Lipinski definition) is 4. The third kappa shape index (κ3) is 1.12. The Morgan fingerprint density at radius 3 is 2.54 bits per heavy atom. The van der Waals surface area contributed by atoms with Gasteiger partial charge in [-0.25, -0.2) is 4.98 Å². The number of nitrogens with zero attached hydrogens (tertiary/aromatic N) is 1. The van der Waals surface area contributed by atoms with E-state index in [9.17, 15) is 0 Å². The van der Waals surface area contributed by atoms with Crippen molar-refractivity contribution in [3.8, 4) is 0 Å². The molecular weight excluding hydrogens is 164 g/mol. The van der Waals surface area contributed by atoms with Crippen molar-refractivity contribution in [2.45, 2.75) is 0 Å². The molecule has 1 aromatic carbocycles. The molecule has 0 saturated carbocycles. The molecule has 0 amide bonds. The minimum absolute atomic E-state index is 0.413. The maximum atomic E-state index is 5.76. The normalized spacial score (nSPS) is 10.5. The van der Waals surface area contributed by atoms with Gasteiger partial charge >= 0.3 is 0 Å². The Morgan fingerprint density at radius 2 is 1.77 bits per heavy atom. The van der Waals surface area contributed by atoms with Gasteiger partial charge in [0.05, 0.1) is 5.52 Å². The second-order valence-electron chi connectivity index (χ2n) is 2.88. The van der Waals surface area contributed by atoms with Gasteiger partial charge in [-0.1, -0.05) is 6.07 Å². The van der Waals surface area contributed by atoms with Crippen molar-refractivity contribution in [2.75, 3.05) is 17.2 Å². The third-order valence-electron chi connectivity index (χ3n) is 1.92. The molecular formula is C9H10N4. The number of pyridine rings is 1. The molecule has 0 spiro atoms. The van der Waals surface area contributed by atoms with Crippen LogP contribution < -0.4 is 17.2 Å². The molecule has 4 heteroatoms. The molecule has 2 aromatic rings. The van der Waals surface area contributed by atoms with Crippen LogP contribution in [0.15, 0.2) is 24.3 Å². The summed E-state index contributed by atoms with van der Waals surface area (Å²) in [5.74, 6) is 0.413. The fourth-order valence-corrected chi connectivity index (χ4v) is 1.37. The van der Waals surface area contributed by atoms with Gasteiger partial charge in [0.2, 0.25) is 0 Å². The zero-order valence-electron chi connectivity index (χ0n) is 6.99. The fourth-order valence-electron chi connectivity index (χ4n) is 1.37. The van der Waals surface area contributed by atoms with Crippen LogP contribution in [0, 0.1) is 0 Å². The first-order chi connectivity index (χ1) is 6.18. The number of nitrogen functional groups attached to an aromatic ring is 3. The van der Waals surface area contributed by atoms with Crippen molar-refractivity contribution >= 4 is 28.1 Å². The summed E-state index contributed by atoms with van der Waals surface area (Å²) < 4.78 is 0. The molecule has 13 heavy (non-hydrogen) atoms. The van der Waals surface area contributed by atoms with Gasteiger partial charge in [0.1, 0.15) is 5.82 Å². The van der Waals surface area contributed by atoms with Crippen LogP contribution >= 0.6 is 0 Å². The summed E-state index contributed by atoms with van der Waals surface area (Å²) in [5.41, 5.74) is 19.0. The van der Waals surface area contributed by atoms with E-state index in [1.807, 2.05) is 12.1 Å². The van der Waals surface area contributed by atoms with E-state index in [2.05, 4.69) is 4.98 Å². The number of benzene rings is 1. The van der Waals surface area contributed by atoms with E-state index in [1.165, 1.54) is 0 Å². The SMILES string of the molecule is Nc1cc(N)c2c(N)cccc2n1. The van der Waals surface area contributed by atoms with Crippen LogP contribution in [-0.4, -0.2) is 4.98 Å². The molecule has 0 radical (unpaired) electrons. The Labute approximate surface area is 75.4 Å². The number of nitrogens with two attached hydrogens (primary N) is 3. The summed E-state index contributed by atoms with van der Waals surface area (Å²) in [6, 6.07) is 7.05. The smallest absolute Gasteiger partial charge is 0.126 e. The van der Waals surface area contributed by atoms with E-state index in [0.717, 1.165) is 10.9 Å². The predicted molar refractivity (Wildman–Crippen MR) is 55.0 cm³/mol. The van der Waals surface area contributed by atoms with Crippen LogP contribution in [0.2, 0.25) is 0 Å². The van der Waals surface area contributed by atoms with E-state index in [-0.39, 0.29) is 0 Å². The van der Waals surface area contributed by atoms with Crippen molar-refractivity contribution in [3.05, 3.63) is 24.3 Å². The number of fused-ring (bicyclic) bond motifs is 1. The van der Waals surface area contributed by atoms with E-state index in [1.54, 1.807) is 12.1 Å². The first kappa shape index (κ1) is 7.67. The minimum Gasteiger partial charge on any atom is -0.398 e. The van der Waals surface area contributed by atoms with E-state index in [0.29, 0.717) is 17.2 Å². The maximum absolute atomic E-state index is 5.76. The molecule has 0 aliphatic rings. The summed E-state index contributed by atoms with van der Waals surface area (Å²) in [6.07, 6.45) is 0. The van der Waals surface area contributed by atoms with Crippen LogP contribution in [0.3, 0.4) is 0 Å². The van der Waals surface area contributed by atoms with Crippen molar-refractivity contribution in [3.63, 3.8) is 0 Å². The Morgan fingerprint density at radius 1 is 1.00 bits per heavy atom. The van der Waals surface area contributed by atoms with Crippen LogP contribution in [-0.2, 0) is 0 Å². The quantitative estimate of drug-likeness (QED) is 0.519. The van der Waals surface area contributed by atoms with Gasteiger partial charge in [-0.3, -0.25) is 0 Å². The molecule has 6 N–H and O–H groups in total. The summed E-state index contributed by atoms with van der Waals surface area (Å²) in [7, 11) is 0. The molecule has 0 aliphatic carbocycles. The van der Waals surface area contributed by atoms with E-state index >= 15 is 0 Å². The fraction of sp³-hybridized carbons (Fsp3) is 0. The second-order valence-corrected chi connectivity index (χ2v) is 2.88. The molecule has 0 aliphatic heterocycles. The molecule has 66 valence electrons. The first-order valence-corrected chi connectivity index (χ1v) is 3.88. The summed E-state index contributed by atoms with van der Waals surface area (Å²) in [6.45, 7) is 0. The largest absolute Gasteiger partial charge is 0.398 e. The molecule has 0 unspecified atom stereocenters. The topological polar surface area (TPSA) is 91.0 Å². The van der Waals surface area contributed by atoms with Gasteiger partial charge in [0.15, 0.2) is 0 Å². The molecule has 0 bridgehead atoms. The highest BCUT2D eigenvalue weighted by Crippen LogP contribution is 2.26. The third-order valence-corrected chi connectivity index (χ3v) is 1.92. The molecule has 0 atom stereocenters. The summed E-state index contributed by atoms with van der Waals surface area (Å²) >= 11 is 0. The highest BCUT2D eigenvalue weighted by molar-refractivity contribution is 6.00. The standard InChI is InChI=1S/C9H10N4/c10-5-2-1-3-7-9(5)6(11)4-8(12)13-7/h1-4H,10H2,(H4,11,12,13). The van der Waals surface area contributed by atoms with Gasteiger partial charge in [-0.2, -0.15) is 0 Å². The minimum atomic E-state index is 0.413. The van der Waals surface area contributed by atoms with Crippen LogP contribution in [0.1, 0.15) is 0 Å². The molecule has 1 heterocycles. The molecule has 2 rings (SSSR count). The van der Waals surface area contributed by atoms with Crippen molar-refractivity contribution < 1.29 is 0 Å². The van der Waals surface area contributed by atoms with Crippen molar-refractivity contribution in [1.82, 2.24) is 4.98 Å². The molecule has 0 saturated heterocycles. The second kappa shape index (κ2) is 2.52. The van der Waals surface area contributed by atoms with Crippen LogP contribution in [0.5, 0.6) is 0 Å². The average molecular weight is 174 g/mol. The Bertz CT molecular complexity index is 464. The predicted octanol–water partition coefficient (Wildman–Crippen LogP) is 0.981. The number of rotatable bonds is 0. The lowest BCUT2D eigenvalue weighted by Crippen LogP contribution is -1.97. The molecule has 0 fully saturated rings. The van der Waals surface area contributed by atoms with Gasteiger partial charge in [0.25, 0.3) is 0 Å². The zero-order valence-corrected chi connectivity index (χ0v) is 6.99. The maximum Gasteiger partial charge on any atom is 0.126 e. The van der Waals surface area contributed by atoms with E-state index < -0.39 is 0 Å². The lowest BCUT2D eigenvalue weighted by Gasteiger charge is -2.05. The van der Waals surface area contributed by atoms with Crippen LogP contribution in [0.4, 0.5) is 17.2 Å². The lowest BCUT2D eigenvalue weighted by atomic mass is 10.1. The van der Waals surface area contributed by atoms with Gasteiger partial charge in [-0.15, -0.1) is 0 Å². The average Bonchev–Trinajstić information content (AvgIpc) is 2.02. The summed E-state index contributed by atoms with van der Waals surface area (Å²) in [4.78, 5) is 4.12. The monoisotopic (exact) mass is 174 g/mol. The summed E-state index contributed by atoms with van der Waals surface area (Å²) in [5, 5.41) is 0.775. The number of aromatic nitrogens is 1. The molecule has 4 nitrogen and oxygen atoms in total. The van der Waals surface area contributed by atoms with Crippen LogP contribution in [0.25, 0.3) is 10.9 Å².